The van der Waals surface area contributed by atoms with Gasteiger partial charge in [-0.15, -0.1) is 0 Å². The molecule has 0 spiro atoms. The zero-order valence-corrected chi connectivity index (χ0v) is 17.1. The molecule has 11 heteroatoms. The number of hydrogen-bond donors (Lipinski definition) is 3. The van der Waals surface area contributed by atoms with Gasteiger partial charge >= 0.3 is 0 Å². The van der Waals surface area contributed by atoms with Crippen LogP contribution in [0.1, 0.15) is 17.3 Å². The van der Waals surface area contributed by atoms with Gasteiger partial charge in [-0.05, 0) is 17.9 Å². The van der Waals surface area contributed by atoms with Crippen molar-refractivity contribution < 1.29 is 9.53 Å². The third-order valence-corrected chi connectivity index (χ3v) is 4.75. The number of carbonyl (C=O) groups is 1. The Morgan fingerprint density at radius 1 is 1.34 bits per heavy atom. The molecule has 0 bridgehead atoms. The van der Waals surface area contributed by atoms with Crippen molar-refractivity contribution in [2.24, 2.45) is 0 Å². The highest BCUT2D eigenvalue weighted by Crippen LogP contribution is 2.24. The van der Waals surface area contributed by atoms with Gasteiger partial charge in [-0.1, -0.05) is 18.7 Å². The molecule has 0 aliphatic carbocycles. The zero-order chi connectivity index (χ0) is 20.6. The molecule has 0 fully saturated rings. The maximum absolute atomic E-state index is 12.2. The Balaban J connectivity index is 1.74. The van der Waals surface area contributed by atoms with E-state index in [4.69, 9.17) is 4.74 Å². The summed E-state index contributed by atoms with van der Waals surface area (Å²) >= 11 is 1.54. The minimum Gasteiger partial charge on any atom is -0.383 e. The smallest absolute Gasteiger partial charge is 0.260 e. The van der Waals surface area contributed by atoms with Crippen LogP contribution in [-0.2, 0) is 11.3 Å². The standard InChI is InChI=1S/C18H23N7O3S/c1-3-29-18-23-14(19-8-10-28-2)13-11-22-25(15(13)24-18)9-7-21-17(27)12-5-4-6-20-16(12)26/h4-6,11H,3,7-10H2,1-2H3,(H,20,26)(H,21,27)(H,19,23,24). The largest absolute Gasteiger partial charge is 0.383 e. The van der Waals surface area contributed by atoms with E-state index in [0.717, 1.165) is 11.1 Å². The Bertz CT molecular complexity index is 1030. The summed E-state index contributed by atoms with van der Waals surface area (Å²) in [6.45, 7) is 3.92. The van der Waals surface area contributed by atoms with E-state index in [1.54, 1.807) is 35.8 Å². The highest BCUT2D eigenvalue weighted by molar-refractivity contribution is 7.99. The first-order chi connectivity index (χ1) is 14.1. The van der Waals surface area contributed by atoms with E-state index in [9.17, 15) is 9.59 Å². The van der Waals surface area contributed by atoms with Crippen molar-refractivity contribution in [3.05, 3.63) is 40.4 Å². The van der Waals surface area contributed by atoms with E-state index < -0.39 is 11.5 Å². The number of H-pyrrole nitrogens is 1. The van der Waals surface area contributed by atoms with Gasteiger partial charge in [0.05, 0.1) is 24.7 Å². The van der Waals surface area contributed by atoms with Gasteiger partial charge in [-0.25, -0.2) is 14.6 Å². The molecule has 0 aliphatic heterocycles. The van der Waals surface area contributed by atoms with Gasteiger partial charge in [0.25, 0.3) is 11.5 Å². The molecule has 1 amide bonds. The van der Waals surface area contributed by atoms with Crippen LogP contribution in [0.3, 0.4) is 0 Å². The Morgan fingerprint density at radius 2 is 2.21 bits per heavy atom. The monoisotopic (exact) mass is 417 g/mol. The molecule has 0 saturated heterocycles. The lowest BCUT2D eigenvalue weighted by Crippen LogP contribution is -2.31. The van der Waals surface area contributed by atoms with Gasteiger partial charge in [-0.2, -0.15) is 5.10 Å². The summed E-state index contributed by atoms with van der Waals surface area (Å²) in [5, 5.41) is 11.8. The fraction of sp³-hybridized carbons (Fsp3) is 0.389. The van der Waals surface area contributed by atoms with Gasteiger partial charge in [0, 0.05) is 26.4 Å². The minimum absolute atomic E-state index is 0.0754. The lowest BCUT2D eigenvalue weighted by molar-refractivity contribution is 0.0950. The maximum Gasteiger partial charge on any atom is 0.260 e. The van der Waals surface area contributed by atoms with E-state index in [0.29, 0.717) is 42.9 Å². The Hall–Kier alpha value is -2.92. The van der Waals surface area contributed by atoms with Gasteiger partial charge < -0.3 is 20.4 Å². The molecule has 0 unspecified atom stereocenters. The van der Waals surface area contributed by atoms with Crippen LogP contribution in [-0.4, -0.2) is 63.2 Å². The van der Waals surface area contributed by atoms with Crippen molar-refractivity contribution >= 4 is 34.5 Å². The van der Waals surface area contributed by atoms with Crippen LogP contribution in [0.4, 0.5) is 5.82 Å². The average Bonchev–Trinajstić information content (AvgIpc) is 3.12. The van der Waals surface area contributed by atoms with Crippen LogP contribution in [0.5, 0.6) is 0 Å². The van der Waals surface area contributed by atoms with Crippen LogP contribution in [0, 0.1) is 0 Å². The first-order valence-electron chi connectivity index (χ1n) is 9.19. The first kappa shape index (κ1) is 20.8. The van der Waals surface area contributed by atoms with Gasteiger partial charge in [0.15, 0.2) is 10.8 Å². The van der Waals surface area contributed by atoms with Crippen molar-refractivity contribution in [3.8, 4) is 0 Å². The lowest BCUT2D eigenvalue weighted by Gasteiger charge is -2.09. The Morgan fingerprint density at radius 3 is 2.97 bits per heavy atom. The van der Waals surface area contributed by atoms with Crippen molar-refractivity contribution in [1.82, 2.24) is 30.0 Å². The molecule has 10 nitrogen and oxygen atoms in total. The van der Waals surface area contributed by atoms with Gasteiger partial charge in [-0.3, -0.25) is 9.59 Å². The number of hydrogen-bond acceptors (Lipinski definition) is 8. The molecule has 3 rings (SSSR count). The topological polar surface area (TPSA) is 127 Å². The van der Waals surface area contributed by atoms with Crippen molar-refractivity contribution in [2.75, 3.05) is 37.9 Å². The summed E-state index contributed by atoms with van der Waals surface area (Å²) in [6, 6.07) is 3.09. The van der Waals surface area contributed by atoms with Crippen molar-refractivity contribution in [3.63, 3.8) is 0 Å². The normalized spacial score (nSPS) is 11.0. The zero-order valence-electron chi connectivity index (χ0n) is 16.3. The molecule has 0 radical (unpaired) electrons. The van der Waals surface area contributed by atoms with Crippen molar-refractivity contribution in [2.45, 2.75) is 18.6 Å². The molecule has 3 aromatic heterocycles. The summed E-state index contributed by atoms with van der Waals surface area (Å²) in [6.07, 6.45) is 3.19. The second-order valence-corrected chi connectivity index (χ2v) is 7.21. The molecule has 3 aromatic rings. The summed E-state index contributed by atoms with van der Waals surface area (Å²) in [7, 11) is 1.64. The van der Waals surface area contributed by atoms with Crippen molar-refractivity contribution in [1.29, 1.82) is 0 Å². The molecular formula is C18H23N7O3S. The molecule has 154 valence electrons. The van der Waals surface area contributed by atoms with Crippen LogP contribution in [0.15, 0.2) is 34.5 Å². The number of amides is 1. The number of thioether (sulfide) groups is 1. The van der Waals surface area contributed by atoms with Crippen LogP contribution in [0.25, 0.3) is 11.0 Å². The number of nitrogens with zero attached hydrogens (tertiary/aromatic N) is 4. The molecule has 0 aliphatic rings. The average molecular weight is 417 g/mol. The fourth-order valence-corrected chi connectivity index (χ4v) is 3.23. The second kappa shape index (κ2) is 10.0. The molecule has 0 saturated carbocycles. The summed E-state index contributed by atoms with van der Waals surface area (Å²) in [5.41, 5.74) is 0.337. The molecule has 3 heterocycles. The van der Waals surface area contributed by atoms with Crippen LogP contribution >= 0.6 is 11.8 Å². The summed E-state index contributed by atoms with van der Waals surface area (Å²) in [5.74, 6) is 1.12. The number of fused-ring (bicyclic) bond motifs is 1. The number of rotatable bonds is 10. The number of aromatic amines is 1. The van der Waals surface area contributed by atoms with Crippen LogP contribution in [0.2, 0.25) is 0 Å². The Labute approximate surface area is 171 Å². The molecule has 29 heavy (non-hydrogen) atoms. The lowest BCUT2D eigenvalue weighted by atomic mass is 10.2. The third kappa shape index (κ3) is 5.12. The fourth-order valence-electron chi connectivity index (χ4n) is 2.67. The number of carbonyl (C=O) groups excluding carboxylic acids is 1. The molecule has 3 N–H and O–H groups in total. The highest BCUT2D eigenvalue weighted by atomic mass is 32.2. The number of methoxy groups -OCH3 is 1. The number of nitrogens with one attached hydrogen (secondary N) is 3. The predicted molar refractivity (Wildman–Crippen MR) is 111 cm³/mol. The van der Waals surface area contributed by atoms with E-state index >= 15 is 0 Å². The SMILES string of the molecule is CCSc1nc(NCCOC)c2cnn(CCNC(=O)c3ccc[nH]c3=O)c2n1. The molecule has 0 aromatic carbocycles. The maximum atomic E-state index is 12.2. The first-order valence-corrected chi connectivity index (χ1v) is 10.2. The number of aromatic nitrogens is 5. The molecular weight excluding hydrogens is 394 g/mol. The number of ether oxygens (including phenoxy) is 1. The van der Waals surface area contributed by atoms with Gasteiger partial charge in [0.2, 0.25) is 0 Å². The van der Waals surface area contributed by atoms with E-state index in [1.165, 1.54) is 12.3 Å². The summed E-state index contributed by atoms with van der Waals surface area (Å²) in [4.78, 5) is 35.5. The van der Waals surface area contributed by atoms with E-state index in [1.807, 2.05) is 6.92 Å². The van der Waals surface area contributed by atoms with E-state index in [-0.39, 0.29) is 5.56 Å². The highest BCUT2D eigenvalue weighted by Gasteiger charge is 2.14. The molecule has 0 atom stereocenters. The van der Waals surface area contributed by atoms with Crippen LogP contribution < -0.4 is 16.2 Å². The minimum atomic E-state index is -0.429. The number of anilines is 1. The van der Waals surface area contributed by atoms with Gasteiger partial charge in [0.1, 0.15) is 11.4 Å². The predicted octanol–water partition coefficient (Wildman–Crippen LogP) is 1.11. The quantitative estimate of drug-likeness (QED) is 0.254. The summed E-state index contributed by atoms with van der Waals surface area (Å²) < 4.78 is 6.80. The second-order valence-electron chi connectivity index (χ2n) is 5.98. The Kier molecular flexibility index (Phi) is 7.19. The van der Waals surface area contributed by atoms with E-state index in [2.05, 4.69) is 30.7 Å². The number of pyridine rings is 1. The third-order valence-electron chi connectivity index (χ3n) is 4.02.